The summed E-state index contributed by atoms with van der Waals surface area (Å²) in [5, 5.41) is 59.8. The molecule has 0 aliphatic heterocycles. The Labute approximate surface area is 351 Å². The van der Waals surface area contributed by atoms with Gasteiger partial charge < -0.3 is 54.6 Å². The monoisotopic (exact) mass is 919 g/mol. The third kappa shape index (κ3) is 27.4. The summed E-state index contributed by atoms with van der Waals surface area (Å²) in [4.78, 5) is 42.5. The molecule has 0 aromatic carbocycles. The molecule has 17 nitrogen and oxygen atoms in total. The van der Waals surface area contributed by atoms with E-state index >= 15 is 0 Å². The number of hydrogen-bond donors (Lipinski definition) is 10. The number of carbonyl (C=O) groups excluding carboxylic acids is 1. The lowest BCUT2D eigenvalue weighted by atomic mass is 10.2. The number of carbonyl (C=O) groups is 1. The lowest BCUT2D eigenvalue weighted by Gasteiger charge is -2.18. The molecule has 7 atom stereocenters. The third-order valence-corrected chi connectivity index (χ3v) is 13.2. The van der Waals surface area contributed by atoms with E-state index in [1.54, 1.807) is 18.7 Å². The number of unbranched alkanes of at least 4 members (excludes halogenated alkanes) is 1. The van der Waals surface area contributed by atoms with Crippen molar-refractivity contribution in [1.29, 1.82) is 0 Å². The van der Waals surface area contributed by atoms with Crippen LogP contribution in [-0.2, 0) is 25.0 Å². The van der Waals surface area contributed by atoms with E-state index in [1.165, 1.54) is 35.3 Å². The van der Waals surface area contributed by atoms with Gasteiger partial charge in [0.15, 0.2) is 0 Å². The molecule has 55 heavy (non-hydrogen) atoms. The summed E-state index contributed by atoms with van der Waals surface area (Å²) < 4.78 is 31.4. The maximum absolute atomic E-state index is 12.0. The number of aryl methyl sites for hydroxylation is 1. The number of phosphoric ester groups is 1. The van der Waals surface area contributed by atoms with Crippen molar-refractivity contribution in [3.05, 3.63) is 5.82 Å². The highest BCUT2D eigenvalue weighted by Crippen LogP contribution is 2.35. The fraction of sp³-hybridized carbons (Fsp3) is 0.871. The van der Waals surface area contributed by atoms with Crippen LogP contribution in [0.3, 0.4) is 0 Å². The Balaban J connectivity index is 2.47. The summed E-state index contributed by atoms with van der Waals surface area (Å²) in [6, 6.07) is 0.263. The molecule has 1 aromatic rings. The van der Waals surface area contributed by atoms with E-state index in [1.807, 2.05) is 0 Å². The number of aromatic nitrogens is 3. The Hall–Kier alpha value is 0.0500. The van der Waals surface area contributed by atoms with Crippen LogP contribution in [-0.4, -0.2) is 182 Å². The summed E-state index contributed by atoms with van der Waals surface area (Å²) in [7, 11) is -4.63. The van der Waals surface area contributed by atoms with Crippen molar-refractivity contribution in [1.82, 2.24) is 15.0 Å². The Morgan fingerprint density at radius 3 is 1.56 bits per heavy atom. The van der Waals surface area contributed by atoms with E-state index < -0.39 is 62.9 Å². The zero-order chi connectivity index (χ0) is 41.1. The first-order chi connectivity index (χ1) is 26.2. The van der Waals surface area contributed by atoms with Gasteiger partial charge in [-0.1, -0.05) is 6.92 Å². The van der Waals surface area contributed by atoms with Gasteiger partial charge in [-0.2, -0.15) is 82.3 Å². The van der Waals surface area contributed by atoms with Gasteiger partial charge in [0, 0.05) is 46.7 Å². The molecule has 0 radical (unpaired) electrons. The molecule has 0 saturated heterocycles. The van der Waals surface area contributed by atoms with Crippen molar-refractivity contribution in [2.75, 3.05) is 84.0 Å². The van der Waals surface area contributed by atoms with Crippen LogP contribution >= 0.6 is 80.1 Å². The van der Waals surface area contributed by atoms with Gasteiger partial charge in [0.1, 0.15) is 12.4 Å². The van der Waals surface area contributed by atoms with Crippen molar-refractivity contribution in [2.45, 2.75) is 75.7 Å². The van der Waals surface area contributed by atoms with Gasteiger partial charge in [0.2, 0.25) is 0 Å². The molecule has 1 aromatic heterocycles. The highest BCUT2D eigenvalue weighted by molar-refractivity contribution is 8.00. The summed E-state index contributed by atoms with van der Waals surface area (Å²) in [5.41, 5.74) is 0. The second kappa shape index (κ2) is 31.9. The maximum atomic E-state index is 12.0. The summed E-state index contributed by atoms with van der Waals surface area (Å²) in [6.07, 6.45) is -1.97. The number of rotatable bonds is 35. The molecule has 0 saturated carbocycles. The van der Waals surface area contributed by atoms with Gasteiger partial charge in [-0.05, 0) is 42.9 Å². The maximum Gasteiger partial charge on any atom is 0.469 e. The topological polar surface area (TPSA) is 272 Å². The molecule has 0 amide bonds. The lowest BCUT2D eigenvalue weighted by Crippen LogP contribution is -2.31. The molecule has 8 N–H and O–H groups in total. The van der Waals surface area contributed by atoms with Gasteiger partial charge in [-0.3, -0.25) is 9.32 Å². The minimum atomic E-state index is -4.63. The Morgan fingerprint density at radius 2 is 1.09 bits per heavy atom. The fourth-order valence-corrected chi connectivity index (χ4v) is 8.76. The van der Waals surface area contributed by atoms with E-state index in [0.717, 1.165) is 18.6 Å². The Bertz CT molecular complexity index is 1160. The number of thioether (sulfide) groups is 4. The molecule has 0 fully saturated rings. The van der Waals surface area contributed by atoms with E-state index in [2.05, 4.69) is 44.7 Å². The Morgan fingerprint density at radius 1 is 0.636 bits per heavy atom. The molecule has 7 unspecified atom stereocenters. The first-order valence-corrected chi connectivity index (χ1v) is 25.1. The van der Waals surface area contributed by atoms with Crippen molar-refractivity contribution in [3.8, 4) is 12.0 Å². The van der Waals surface area contributed by atoms with Crippen LogP contribution in [0, 0.1) is 5.92 Å². The second-order valence-corrected chi connectivity index (χ2v) is 18.6. The van der Waals surface area contributed by atoms with Crippen molar-refractivity contribution in [2.24, 2.45) is 5.92 Å². The minimum absolute atomic E-state index is 0.126. The number of thiol groups is 2. The zero-order valence-electron chi connectivity index (χ0n) is 30.8. The number of aliphatic hydroxyl groups is 6. The number of ether oxygens (including phenoxy) is 3. The van der Waals surface area contributed by atoms with Crippen LogP contribution in [0.2, 0.25) is 0 Å². The highest BCUT2D eigenvalue weighted by Gasteiger charge is 2.21. The normalized spacial score (nSPS) is 15.8. The average molecular weight is 920 g/mol. The van der Waals surface area contributed by atoms with Gasteiger partial charge in [0.25, 0.3) is 0 Å². The van der Waals surface area contributed by atoms with Crippen LogP contribution in [0.5, 0.6) is 12.0 Å². The van der Waals surface area contributed by atoms with Crippen molar-refractivity contribution in [3.63, 3.8) is 0 Å². The molecule has 0 bridgehead atoms. The molecule has 322 valence electrons. The predicted octanol–water partition coefficient (Wildman–Crippen LogP) is 0.978. The van der Waals surface area contributed by atoms with Crippen LogP contribution in [0.15, 0.2) is 0 Å². The summed E-state index contributed by atoms with van der Waals surface area (Å²) >= 11 is 13.7. The van der Waals surface area contributed by atoms with E-state index in [9.17, 15) is 40.0 Å². The van der Waals surface area contributed by atoms with Crippen molar-refractivity contribution >= 4 is 86.1 Å². The second-order valence-electron chi connectivity index (χ2n) is 12.1. The van der Waals surface area contributed by atoms with Gasteiger partial charge in [0.05, 0.1) is 62.4 Å². The highest BCUT2D eigenvalue weighted by atomic mass is 32.2. The molecular formula is C31H58N3O14PS6. The number of phosphoric acid groups is 1. The van der Waals surface area contributed by atoms with Gasteiger partial charge >= 0.3 is 25.8 Å². The molecule has 1 rings (SSSR count). The quantitative estimate of drug-likeness (QED) is 0.0197. The molecule has 1 heterocycles. The Kier molecular flexibility index (Phi) is 30.8. The largest absolute Gasteiger partial charge is 0.469 e. The first kappa shape index (κ1) is 53.1. The third-order valence-electron chi connectivity index (χ3n) is 7.13. The SMILES string of the molecule is CC(CSCC(O)C(O)CSCCCOc1nc(CCCCSCC(O)C(O)CS)nc(OCCCSCC(O)C(O)CS)n1)C(=O)OCCOP(=O)(O)O. The van der Waals surface area contributed by atoms with E-state index in [-0.39, 0.29) is 48.2 Å². The van der Waals surface area contributed by atoms with Crippen LogP contribution in [0.25, 0.3) is 0 Å². The standard InChI is InChI=1S/C31H58N3O14PS6/c1-21(29(41)45-9-10-48-49(42,43)44)16-55-20-27(40)26(39)19-54-13-5-8-47-31-33-28(6-2-3-11-52-17-24(37)22(35)14-50)32-30(34-31)46-7-4-12-53-18-25(38)23(36)15-51/h21-27,35-40,50-51H,2-20H2,1H3,(H2,42,43,44). The number of esters is 1. The van der Waals surface area contributed by atoms with E-state index in [0.29, 0.717) is 60.5 Å². The van der Waals surface area contributed by atoms with Crippen molar-refractivity contribution < 1.29 is 68.5 Å². The predicted molar refractivity (Wildman–Crippen MR) is 224 cm³/mol. The first-order valence-electron chi connectivity index (χ1n) is 17.6. The van der Waals surface area contributed by atoms with Crippen LogP contribution in [0.4, 0.5) is 0 Å². The molecular weight excluding hydrogens is 862 g/mol. The zero-order valence-corrected chi connectivity index (χ0v) is 36.8. The van der Waals surface area contributed by atoms with Crippen LogP contribution in [0.1, 0.15) is 38.4 Å². The van der Waals surface area contributed by atoms with Crippen LogP contribution < -0.4 is 9.47 Å². The lowest BCUT2D eigenvalue weighted by molar-refractivity contribution is -0.148. The fourth-order valence-electron chi connectivity index (χ4n) is 3.93. The summed E-state index contributed by atoms with van der Waals surface area (Å²) in [5.74, 6) is 3.49. The minimum Gasteiger partial charge on any atom is -0.463 e. The van der Waals surface area contributed by atoms with E-state index in [4.69, 9.17) is 24.0 Å². The van der Waals surface area contributed by atoms with Gasteiger partial charge in [-0.15, -0.1) is 4.98 Å². The number of aliphatic hydroxyl groups excluding tert-OH is 6. The molecule has 0 spiro atoms. The smallest absolute Gasteiger partial charge is 0.463 e. The number of hydrogen-bond acceptors (Lipinski definition) is 21. The summed E-state index contributed by atoms with van der Waals surface area (Å²) in [6.45, 7) is 1.51. The van der Waals surface area contributed by atoms with Gasteiger partial charge in [-0.25, -0.2) is 4.57 Å². The molecule has 0 aliphatic carbocycles. The molecule has 24 heteroatoms. The number of nitrogens with zero attached hydrogens (tertiary/aromatic N) is 3. The average Bonchev–Trinajstić information content (AvgIpc) is 3.15. The molecule has 0 aliphatic rings.